The van der Waals surface area contributed by atoms with Crippen molar-refractivity contribution in [3.05, 3.63) is 107 Å². The monoisotopic (exact) mass is 318 g/mol. The SMILES string of the molecule is CCc1ccccc1C(O)(c1ccccc1)C(O)c1ccccc1. The summed E-state index contributed by atoms with van der Waals surface area (Å²) in [6, 6.07) is 26.5. The van der Waals surface area contributed by atoms with Crippen LogP contribution in [0.5, 0.6) is 0 Å². The van der Waals surface area contributed by atoms with Crippen LogP contribution in [0, 0.1) is 0 Å². The van der Waals surface area contributed by atoms with Crippen LogP contribution in [-0.4, -0.2) is 10.2 Å². The first-order valence-electron chi connectivity index (χ1n) is 8.27. The van der Waals surface area contributed by atoms with Gasteiger partial charge in [0.1, 0.15) is 11.7 Å². The molecule has 0 saturated carbocycles. The highest BCUT2D eigenvalue weighted by atomic mass is 16.3. The molecule has 0 amide bonds. The summed E-state index contributed by atoms with van der Waals surface area (Å²) in [4.78, 5) is 0. The molecule has 0 bridgehead atoms. The third-order valence-electron chi connectivity index (χ3n) is 4.53. The number of aliphatic hydroxyl groups is 2. The Morgan fingerprint density at radius 1 is 0.792 bits per heavy atom. The Morgan fingerprint density at radius 2 is 1.33 bits per heavy atom. The molecule has 0 heterocycles. The van der Waals surface area contributed by atoms with Crippen LogP contribution < -0.4 is 0 Å². The molecular formula is C22H22O2. The van der Waals surface area contributed by atoms with Gasteiger partial charge in [0, 0.05) is 0 Å². The quantitative estimate of drug-likeness (QED) is 0.739. The van der Waals surface area contributed by atoms with Crippen molar-refractivity contribution in [2.24, 2.45) is 0 Å². The van der Waals surface area contributed by atoms with E-state index in [9.17, 15) is 10.2 Å². The predicted octanol–water partition coefficient (Wildman–Crippen LogP) is 4.22. The number of hydrogen-bond acceptors (Lipinski definition) is 2. The molecule has 3 aromatic rings. The zero-order valence-electron chi connectivity index (χ0n) is 13.8. The van der Waals surface area contributed by atoms with Crippen LogP contribution >= 0.6 is 0 Å². The standard InChI is InChI=1S/C22H22O2/c1-2-17-11-9-10-16-20(17)22(24,19-14-7-4-8-15-19)21(23)18-12-5-3-6-13-18/h3-16,21,23-24H,2H2,1H3. The van der Waals surface area contributed by atoms with E-state index in [1.54, 1.807) is 0 Å². The lowest BCUT2D eigenvalue weighted by molar-refractivity contribution is -0.0522. The van der Waals surface area contributed by atoms with Crippen LogP contribution in [0.4, 0.5) is 0 Å². The van der Waals surface area contributed by atoms with E-state index in [1.165, 1.54) is 0 Å². The lowest BCUT2D eigenvalue weighted by Gasteiger charge is -2.36. The van der Waals surface area contributed by atoms with Crippen molar-refractivity contribution in [3.63, 3.8) is 0 Å². The molecule has 0 fully saturated rings. The second-order valence-corrected chi connectivity index (χ2v) is 5.96. The molecule has 2 atom stereocenters. The minimum atomic E-state index is -1.50. The Hall–Kier alpha value is -2.42. The minimum Gasteiger partial charge on any atom is -0.385 e. The summed E-state index contributed by atoms with van der Waals surface area (Å²) in [5, 5.41) is 22.9. The normalized spacial score (nSPS) is 14.8. The van der Waals surface area contributed by atoms with Gasteiger partial charge >= 0.3 is 0 Å². The maximum atomic E-state index is 11.7. The third kappa shape index (κ3) is 2.86. The van der Waals surface area contributed by atoms with E-state index in [0.29, 0.717) is 11.1 Å². The first-order valence-corrected chi connectivity index (χ1v) is 8.27. The first kappa shape index (κ1) is 16.4. The number of aliphatic hydroxyl groups excluding tert-OH is 1. The topological polar surface area (TPSA) is 40.5 Å². The molecule has 2 nitrogen and oxygen atoms in total. The number of hydrogen-bond donors (Lipinski definition) is 2. The van der Waals surface area contributed by atoms with Gasteiger partial charge in [-0.25, -0.2) is 0 Å². The number of benzene rings is 3. The second-order valence-electron chi connectivity index (χ2n) is 5.96. The van der Waals surface area contributed by atoms with Crippen LogP contribution in [-0.2, 0) is 12.0 Å². The van der Waals surface area contributed by atoms with Crippen molar-refractivity contribution < 1.29 is 10.2 Å². The molecule has 0 aliphatic carbocycles. The fraction of sp³-hybridized carbons (Fsp3) is 0.182. The highest BCUT2D eigenvalue weighted by molar-refractivity contribution is 5.44. The van der Waals surface area contributed by atoms with Gasteiger partial charge in [0.15, 0.2) is 0 Å². The summed E-state index contributed by atoms with van der Waals surface area (Å²) in [6.07, 6.45) is -0.277. The molecule has 122 valence electrons. The van der Waals surface area contributed by atoms with Gasteiger partial charge in [-0.3, -0.25) is 0 Å². The van der Waals surface area contributed by atoms with Gasteiger partial charge < -0.3 is 10.2 Å². The Kier molecular flexibility index (Phi) is 4.79. The van der Waals surface area contributed by atoms with Crippen LogP contribution in [0.15, 0.2) is 84.9 Å². The van der Waals surface area contributed by atoms with Crippen molar-refractivity contribution >= 4 is 0 Å². The van der Waals surface area contributed by atoms with Gasteiger partial charge in [0.2, 0.25) is 0 Å². The molecular weight excluding hydrogens is 296 g/mol. The van der Waals surface area contributed by atoms with E-state index in [-0.39, 0.29) is 0 Å². The maximum absolute atomic E-state index is 11.7. The fourth-order valence-electron chi connectivity index (χ4n) is 3.23. The van der Waals surface area contributed by atoms with Crippen molar-refractivity contribution in [2.45, 2.75) is 25.0 Å². The maximum Gasteiger partial charge on any atom is 0.145 e. The van der Waals surface area contributed by atoms with Crippen molar-refractivity contribution in [1.82, 2.24) is 0 Å². The molecule has 0 spiro atoms. The van der Waals surface area contributed by atoms with Crippen LogP contribution in [0.25, 0.3) is 0 Å². The van der Waals surface area contributed by atoms with Gasteiger partial charge in [-0.15, -0.1) is 0 Å². The predicted molar refractivity (Wildman–Crippen MR) is 96.7 cm³/mol. The molecule has 24 heavy (non-hydrogen) atoms. The van der Waals surface area contributed by atoms with E-state index >= 15 is 0 Å². The molecule has 0 saturated heterocycles. The molecule has 2 N–H and O–H groups in total. The lowest BCUT2D eigenvalue weighted by Crippen LogP contribution is -2.36. The van der Waals surface area contributed by atoms with Gasteiger partial charge in [-0.05, 0) is 28.7 Å². The first-order chi connectivity index (χ1) is 11.7. The zero-order chi connectivity index (χ0) is 17.0. The van der Waals surface area contributed by atoms with Crippen LogP contribution in [0.3, 0.4) is 0 Å². The average Bonchev–Trinajstić information content (AvgIpc) is 2.68. The van der Waals surface area contributed by atoms with E-state index < -0.39 is 11.7 Å². The minimum absolute atomic E-state index is 0.683. The summed E-state index contributed by atoms with van der Waals surface area (Å²) < 4.78 is 0. The molecule has 3 rings (SSSR count). The van der Waals surface area contributed by atoms with Gasteiger partial charge in [0.25, 0.3) is 0 Å². The van der Waals surface area contributed by atoms with Gasteiger partial charge in [-0.2, -0.15) is 0 Å². The Morgan fingerprint density at radius 3 is 1.96 bits per heavy atom. The molecule has 0 aliphatic heterocycles. The average molecular weight is 318 g/mol. The van der Waals surface area contributed by atoms with Crippen molar-refractivity contribution in [1.29, 1.82) is 0 Å². The summed E-state index contributed by atoms with van der Waals surface area (Å²) in [6.45, 7) is 2.05. The third-order valence-corrected chi connectivity index (χ3v) is 4.53. The highest BCUT2D eigenvalue weighted by Crippen LogP contribution is 2.42. The molecule has 2 heteroatoms. The van der Waals surface area contributed by atoms with E-state index in [1.807, 2.05) is 84.9 Å². The second kappa shape index (κ2) is 7.00. The lowest BCUT2D eigenvalue weighted by atomic mass is 9.77. The van der Waals surface area contributed by atoms with Crippen LogP contribution in [0.1, 0.15) is 35.3 Å². The fourth-order valence-corrected chi connectivity index (χ4v) is 3.23. The summed E-state index contributed by atoms with van der Waals surface area (Å²) in [5.74, 6) is 0. The molecule has 0 aromatic heterocycles. The van der Waals surface area contributed by atoms with Crippen molar-refractivity contribution in [2.75, 3.05) is 0 Å². The Balaban J connectivity index is 2.22. The molecule has 2 unspecified atom stereocenters. The Bertz CT molecular complexity index is 783. The molecule has 0 radical (unpaired) electrons. The molecule has 3 aromatic carbocycles. The number of rotatable bonds is 5. The van der Waals surface area contributed by atoms with E-state index in [2.05, 4.69) is 6.92 Å². The zero-order valence-corrected chi connectivity index (χ0v) is 13.8. The largest absolute Gasteiger partial charge is 0.385 e. The van der Waals surface area contributed by atoms with Gasteiger partial charge in [0.05, 0.1) is 0 Å². The summed E-state index contributed by atoms with van der Waals surface area (Å²) in [5.41, 5.74) is 1.64. The van der Waals surface area contributed by atoms with Crippen molar-refractivity contribution in [3.8, 4) is 0 Å². The number of aryl methyl sites for hydroxylation is 1. The highest BCUT2D eigenvalue weighted by Gasteiger charge is 2.41. The molecule has 0 aliphatic rings. The summed E-state index contributed by atoms with van der Waals surface area (Å²) in [7, 11) is 0. The Labute approximate surface area is 143 Å². The van der Waals surface area contributed by atoms with E-state index in [0.717, 1.165) is 17.5 Å². The van der Waals surface area contributed by atoms with Crippen LogP contribution in [0.2, 0.25) is 0 Å². The smallest absolute Gasteiger partial charge is 0.145 e. The van der Waals surface area contributed by atoms with E-state index in [4.69, 9.17) is 0 Å². The summed E-state index contributed by atoms with van der Waals surface area (Å²) >= 11 is 0. The van der Waals surface area contributed by atoms with Gasteiger partial charge in [-0.1, -0.05) is 91.9 Å².